The molecule has 7 heteroatoms. The van der Waals surface area contributed by atoms with E-state index in [4.69, 9.17) is 18.6 Å². The lowest BCUT2D eigenvalue weighted by molar-refractivity contribution is -0.147. The highest BCUT2D eigenvalue weighted by Crippen LogP contribution is 2.28. The fraction of sp³-hybridized carbons (Fsp3) is 0.304. The summed E-state index contributed by atoms with van der Waals surface area (Å²) in [5, 5.41) is 3.60. The van der Waals surface area contributed by atoms with E-state index >= 15 is 0 Å². The van der Waals surface area contributed by atoms with Gasteiger partial charge < -0.3 is 23.9 Å². The molecule has 1 heterocycles. The molecule has 0 aliphatic carbocycles. The number of ether oxygens (including phenoxy) is 3. The molecule has 0 atom stereocenters. The molecule has 0 aliphatic heterocycles. The third-order valence-corrected chi connectivity index (χ3v) is 4.98. The molecule has 0 aliphatic rings. The highest BCUT2D eigenvalue weighted by atomic mass is 16.5. The van der Waals surface area contributed by atoms with Crippen LogP contribution >= 0.6 is 0 Å². The molecule has 30 heavy (non-hydrogen) atoms. The monoisotopic (exact) mass is 411 g/mol. The van der Waals surface area contributed by atoms with Crippen LogP contribution in [0, 0.1) is 13.8 Å². The second-order valence-corrected chi connectivity index (χ2v) is 6.95. The Hall–Kier alpha value is -3.48. The van der Waals surface area contributed by atoms with Gasteiger partial charge >= 0.3 is 5.97 Å². The molecular formula is C23H25NO6. The smallest absolute Gasteiger partial charge is 0.310 e. The largest absolute Gasteiger partial charge is 0.493 e. The number of methoxy groups -OCH3 is 2. The van der Waals surface area contributed by atoms with Gasteiger partial charge in [0.2, 0.25) is 0 Å². The van der Waals surface area contributed by atoms with Gasteiger partial charge in [-0.1, -0.05) is 18.2 Å². The Bertz CT molecular complexity index is 1070. The summed E-state index contributed by atoms with van der Waals surface area (Å²) in [4.78, 5) is 24.2. The van der Waals surface area contributed by atoms with E-state index in [1.54, 1.807) is 32.6 Å². The van der Waals surface area contributed by atoms with Crippen molar-refractivity contribution in [2.24, 2.45) is 0 Å². The van der Waals surface area contributed by atoms with Gasteiger partial charge in [-0.25, -0.2) is 0 Å². The summed E-state index contributed by atoms with van der Waals surface area (Å²) in [6, 6.07) is 9.28. The van der Waals surface area contributed by atoms with Gasteiger partial charge in [-0.3, -0.25) is 9.59 Å². The van der Waals surface area contributed by atoms with Crippen LogP contribution in [0.1, 0.15) is 22.3 Å². The number of nitrogens with one attached hydrogen (secondary N) is 1. The zero-order chi connectivity index (χ0) is 21.7. The lowest BCUT2D eigenvalue weighted by atomic mass is 10.0. The number of hydrogen-bond donors (Lipinski definition) is 1. The topological polar surface area (TPSA) is 87.0 Å². The zero-order valence-electron chi connectivity index (χ0n) is 17.5. The molecule has 0 unspecified atom stereocenters. The predicted octanol–water partition coefficient (Wildman–Crippen LogP) is 3.47. The second kappa shape index (κ2) is 9.35. The number of benzene rings is 2. The first-order chi connectivity index (χ1) is 14.4. The average Bonchev–Trinajstić information content (AvgIpc) is 3.16. The van der Waals surface area contributed by atoms with E-state index in [1.807, 2.05) is 32.0 Å². The molecule has 1 N–H and O–H groups in total. The van der Waals surface area contributed by atoms with E-state index in [2.05, 4.69) is 5.32 Å². The molecule has 1 aromatic heterocycles. The van der Waals surface area contributed by atoms with Crippen molar-refractivity contribution in [3.8, 4) is 11.5 Å². The van der Waals surface area contributed by atoms with Crippen LogP contribution in [0.15, 0.2) is 41.0 Å². The maximum Gasteiger partial charge on any atom is 0.310 e. The van der Waals surface area contributed by atoms with Crippen molar-refractivity contribution < 1.29 is 28.2 Å². The Morgan fingerprint density at radius 2 is 1.80 bits per heavy atom. The molecule has 0 saturated heterocycles. The summed E-state index contributed by atoms with van der Waals surface area (Å²) >= 11 is 0. The second-order valence-electron chi connectivity index (χ2n) is 6.95. The molecule has 7 nitrogen and oxygen atoms in total. The molecule has 0 spiro atoms. The van der Waals surface area contributed by atoms with Crippen LogP contribution in [-0.4, -0.2) is 32.7 Å². The minimum atomic E-state index is -0.489. The first-order valence-corrected chi connectivity index (χ1v) is 9.52. The summed E-state index contributed by atoms with van der Waals surface area (Å²) in [5.74, 6) is 0.311. The highest BCUT2D eigenvalue weighted by Gasteiger charge is 2.15. The van der Waals surface area contributed by atoms with Crippen molar-refractivity contribution in [3.05, 3.63) is 58.8 Å². The van der Waals surface area contributed by atoms with Gasteiger partial charge in [0.1, 0.15) is 5.58 Å². The van der Waals surface area contributed by atoms with Gasteiger partial charge in [0.15, 0.2) is 18.1 Å². The quantitative estimate of drug-likeness (QED) is 0.571. The highest BCUT2D eigenvalue weighted by molar-refractivity contribution is 5.89. The van der Waals surface area contributed by atoms with Crippen LogP contribution < -0.4 is 14.8 Å². The molecule has 1 amide bonds. The van der Waals surface area contributed by atoms with Crippen molar-refractivity contribution in [1.82, 2.24) is 5.32 Å². The van der Waals surface area contributed by atoms with Crippen LogP contribution in [0.25, 0.3) is 11.0 Å². The third-order valence-electron chi connectivity index (χ3n) is 4.98. The summed E-state index contributed by atoms with van der Waals surface area (Å²) < 4.78 is 21.1. The number of amides is 1. The van der Waals surface area contributed by atoms with Gasteiger partial charge in [0, 0.05) is 17.5 Å². The number of rotatable bonds is 8. The standard InChI is InChI=1S/C23H25NO6/c1-14-5-7-18-17(12-30-23(18)15(14)2)10-22(26)29-13-21(25)24-11-16-6-8-19(27-3)20(9-16)28-4/h5-9,12H,10-11,13H2,1-4H3,(H,24,25). The number of carbonyl (C=O) groups excluding carboxylic acids is 2. The summed E-state index contributed by atoms with van der Waals surface area (Å²) in [6.45, 7) is 3.92. The molecule has 0 radical (unpaired) electrons. The van der Waals surface area contributed by atoms with Crippen LogP contribution in [0.3, 0.4) is 0 Å². The summed E-state index contributed by atoms with van der Waals surface area (Å²) in [6.07, 6.45) is 1.61. The molecule has 0 fully saturated rings. The fourth-order valence-corrected chi connectivity index (χ4v) is 3.12. The van der Waals surface area contributed by atoms with Crippen molar-refractivity contribution in [1.29, 1.82) is 0 Å². The molecule has 0 bridgehead atoms. The minimum absolute atomic E-state index is 0.0401. The van der Waals surface area contributed by atoms with E-state index in [0.29, 0.717) is 11.5 Å². The number of esters is 1. The van der Waals surface area contributed by atoms with Crippen molar-refractivity contribution in [2.75, 3.05) is 20.8 Å². The predicted molar refractivity (Wildman–Crippen MR) is 112 cm³/mol. The first-order valence-electron chi connectivity index (χ1n) is 9.52. The molecule has 158 valence electrons. The Morgan fingerprint density at radius 3 is 2.53 bits per heavy atom. The van der Waals surface area contributed by atoms with Gasteiger partial charge in [0.25, 0.3) is 5.91 Å². The van der Waals surface area contributed by atoms with Gasteiger partial charge in [-0.15, -0.1) is 0 Å². The van der Waals surface area contributed by atoms with Crippen molar-refractivity contribution in [3.63, 3.8) is 0 Å². The van der Waals surface area contributed by atoms with Crippen LogP contribution in [0.2, 0.25) is 0 Å². The number of carbonyl (C=O) groups is 2. The molecule has 3 rings (SSSR count). The summed E-state index contributed by atoms with van der Waals surface area (Å²) in [5.41, 5.74) is 4.51. The Kier molecular flexibility index (Phi) is 6.61. The SMILES string of the molecule is COc1ccc(CNC(=O)COC(=O)Cc2coc3c(C)c(C)ccc23)cc1OC. The van der Waals surface area contributed by atoms with Gasteiger partial charge in [0.05, 0.1) is 26.9 Å². The lowest BCUT2D eigenvalue weighted by Crippen LogP contribution is -2.28. The number of furan rings is 1. The van der Waals surface area contributed by atoms with Gasteiger partial charge in [-0.05, 0) is 42.7 Å². The number of hydrogen-bond acceptors (Lipinski definition) is 6. The van der Waals surface area contributed by atoms with Crippen LogP contribution in [-0.2, 0) is 27.3 Å². The van der Waals surface area contributed by atoms with E-state index in [-0.39, 0.29) is 25.5 Å². The maximum atomic E-state index is 12.2. The minimum Gasteiger partial charge on any atom is -0.493 e. The van der Waals surface area contributed by atoms with Gasteiger partial charge in [-0.2, -0.15) is 0 Å². The lowest BCUT2D eigenvalue weighted by Gasteiger charge is -2.10. The Labute approximate surface area is 174 Å². The van der Waals surface area contributed by atoms with Crippen molar-refractivity contribution in [2.45, 2.75) is 26.8 Å². The first kappa shape index (κ1) is 21.2. The average molecular weight is 411 g/mol. The molecule has 0 saturated carbocycles. The van der Waals surface area contributed by atoms with Crippen LogP contribution in [0.4, 0.5) is 0 Å². The van der Waals surface area contributed by atoms with E-state index in [9.17, 15) is 9.59 Å². The third kappa shape index (κ3) is 4.74. The molecular weight excluding hydrogens is 386 g/mol. The van der Waals surface area contributed by atoms with Crippen LogP contribution in [0.5, 0.6) is 11.5 Å². The fourth-order valence-electron chi connectivity index (χ4n) is 3.12. The maximum absolute atomic E-state index is 12.2. The molecule has 2 aromatic carbocycles. The normalized spacial score (nSPS) is 10.7. The Morgan fingerprint density at radius 1 is 1.03 bits per heavy atom. The molecule has 3 aromatic rings. The number of fused-ring (bicyclic) bond motifs is 1. The summed E-state index contributed by atoms with van der Waals surface area (Å²) in [7, 11) is 3.10. The van der Waals surface area contributed by atoms with E-state index in [1.165, 1.54) is 0 Å². The van der Waals surface area contributed by atoms with Crippen molar-refractivity contribution >= 4 is 22.8 Å². The Balaban J connectivity index is 1.50. The van der Waals surface area contributed by atoms with E-state index < -0.39 is 5.97 Å². The van der Waals surface area contributed by atoms with E-state index in [0.717, 1.165) is 33.2 Å². The zero-order valence-corrected chi connectivity index (χ0v) is 17.5. The number of aryl methyl sites for hydroxylation is 2.